The van der Waals surface area contributed by atoms with Crippen LogP contribution in [0.25, 0.3) is 10.9 Å². The van der Waals surface area contributed by atoms with Crippen LogP contribution in [-0.4, -0.2) is 34.8 Å². The highest BCUT2D eigenvalue weighted by molar-refractivity contribution is 6.01. The molecule has 0 aliphatic carbocycles. The standard InChI is InChI=1S/C21H20FN3O2/c1-15(26)25(13-11-16-7-9-18(22)10-8-16)14-20(27)24-19-6-2-4-17-5-3-12-23-21(17)19/h2-10,12H,11,13-14H2,1H3,(H,24,27). The Hall–Kier alpha value is -3.28. The number of para-hydroxylation sites is 1. The third-order valence-corrected chi connectivity index (χ3v) is 4.27. The molecule has 0 spiro atoms. The fraction of sp³-hybridized carbons (Fsp3) is 0.190. The van der Waals surface area contributed by atoms with Gasteiger partial charge in [-0.3, -0.25) is 14.6 Å². The Kier molecular flexibility index (Phi) is 5.76. The van der Waals surface area contributed by atoms with Crippen LogP contribution in [0, 0.1) is 5.82 Å². The van der Waals surface area contributed by atoms with E-state index in [0.717, 1.165) is 10.9 Å². The second-order valence-electron chi connectivity index (χ2n) is 6.25. The summed E-state index contributed by atoms with van der Waals surface area (Å²) in [5.41, 5.74) is 2.22. The van der Waals surface area contributed by atoms with E-state index in [9.17, 15) is 14.0 Å². The predicted molar refractivity (Wildman–Crippen MR) is 103 cm³/mol. The van der Waals surface area contributed by atoms with Crippen molar-refractivity contribution in [2.24, 2.45) is 0 Å². The van der Waals surface area contributed by atoms with Crippen LogP contribution in [0.5, 0.6) is 0 Å². The molecule has 27 heavy (non-hydrogen) atoms. The van der Waals surface area contributed by atoms with E-state index < -0.39 is 0 Å². The lowest BCUT2D eigenvalue weighted by atomic mass is 10.1. The first-order valence-electron chi connectivity index (χ1n) is 8.66. The quantitative estimate of drug-likeness (QED) is 0.728. The summed E-state index contributed by atoms with van der Waals surface area (Å²) in [6.07, 6.45) is 2.21. The molecule has 0 aliphatic heterocycles. The van der Waals surface area contributed by atoms with Crippen molar-refractivity contribution in [3.8, 4) is 0 Å². The van der Waals surface area contributed by atoms with Crippen molar-refractivity contribution in [3.63, 3.8) is 0 Å². The lowest BCUT2D eigenvalue weighted by Gasteiger charge is -2.20. The van der Waals surface area contributed by atoms with Crippen molar-refractivity contribution in [1.29, 1.82) is 0 Å². The second-order valence-corrected chi connectivity index (χ2v) is 6.25. The maximum atomic E-state index is 13.0. The zero-order chi connectivity index (χ0) is 19.2. The van der Waals surface area contributed by atoms with Crippen molar-refractivity contribution in [2.45, 2.75) is 13.3 Å². The average Bonchev–Trinajstić information content (AvgIpc) is 2.66. The third-order valence-electron chi connectivity index (χ3n) is 4.27. The van der Waals surface area contributed by atoms with Crippen LogP contribution in [-0.2, 0) is 16.0 Å². The van der Waals surface area contributed by atoms with Gasteiger partial charge in [0, 0.05) is 25.1 Å². The summed E-state index contributed by atoms with van der Waals surface area (Å²) in [6, 6.07) is 15.4. The van der Waals surface area contributed by atoms with Gasteiger partial charge in [-0.05, 0) is 36.2 Å². The van der Waals surface area contributed by atoms with Crippen LogP contribution in [0.2, 0.25) is 0 Å². The molecule has 0 unspecified atom stereocenters. The minimum absolute atomic E-state index is 0.0558. The number of hydrogen-bond acceptors (Lipinski definition) is 3. The fourth-order valence-electron chi connectivity index (χ4n) is 2.83. The topological polar surface area (TPSA) is 62.3 Å². The van der Waals surface area contributed by atoms with E-state index in [0.29, 0.717) is 24.2 Å². The van der Waals surface area contributed by atoms with Crippen LogP contribution in [0.15, 0.2) is 60.8 Å². The van der Waals surface area contributed by atoms with E-state index >= 15 is 0 Å². The van der Waals surface area contributed by atoms with Crippen LogP contribution < -0.4 is 5.32 Å². The van der Waals surface area contributed by atoms with Crippen molar-refractivity contribution in [1.82, 2.24) is 9.88 Å². The van der Waals surface area contributed by atoms with Gasteiger partial charge in [0.25, 0.3) is 0 Å². The van der Waals surface area contributed by atoms with Crippen molar-refractivity contribution in [2.75, 3.05) is 18.4 Å². The number of pyridine rings is 1. The summed E-state index contributed by atoms with van der Waals surface area (Å²) in [7, 11) is 0. The van der Waals surface area contributed by atoms with E-state index in [1.165, 1.54) is 24.0 Å². The van der Waals surface area contributed by atoms with Crippen LogP contribution in [0.4, 0.5) is 10.1 Å². The number of nitrogens with one attached hydrogen (secondary N) is 1. The molecule has 3 rings (SSSR count). The zero-order valence-corrected chi connectivity index (χ0v) is 15.0. The molecule has 2 aromatic carbocycles. The van der Waals surface area contributed by atoms with Crippen molar-refractivity contribution in [3.05, 3.63) is 72.2 Å². The van der Waals surface area contributed by atoms with Crippen molar-refractivity contribution < 1.29 is 14.0 Å². The summed E-state index contributed by atoms with van der Waals surface area (Å²) in [5, 5.41) is 3.76. The molecule has 6 heteroatoms. The highest BCUT2D eigenvalue weighted by atomic mass is 19.1. The molecule has 0 saturated heterocycles. The lowest BCUT2D eigenvalue weighted by molar-refractivity contribution is -0.132. The highest BCUT2D eigenvalue weighted by Gasteiger charge is 2.15. The Morgan fingerprint density at radius 3 is 2.56 bits per heavy atom. The maximum Gasteiger partial charge on any atom is 0.244 e. The molecular weight excluding hydrogens is 345 g/mol. The number of carbonyl (C=O) groups excluding carboxylic acids is 2. The van der Waals surface area contributed by atoms with Crippen LogP contribution in [0.1, 0.15) is 12.5 Å². The van der Waals surface area contributed by atoms with Gasteiger partial charge in [0.15, 0.2) is 0 Å². The number of fused-ring (bicyclic) bond motifs is 1. The number of amides is 2. The molecule has 0 fully saturated rings. The molecule has 138 valence electrons. The van der Waals surface area contributed by atoms with Crippen LogP contribution in [0.3, 0.4) is 0 Å². The monoisotopic (exact) mass is 365 g/mol. The summed E-state index contributed by atoms with van der Waals surface area (Å²) >= 11 is 0. The normalized spacial score (nSPS) is 10.6. The van der Waals surface area contributed by atoms with E-state index in [1.54, 1.807) is 24.4 Å². The molecule has 0 bridgehead atoms. The Labute approximate surface area is 156 Å². The van der Waals surface area contributed by atoms with Gasteiger partial charge in [0.1, 0.15) is 5.82 Å². The molecule has 0 radical (unpaired) electrons. The summed E-state index contributed by atoms with van der Waals surface area (Å²) in [5.74, 6) is -0.781. The van der Waals surface area contributed by atoms with E-state index in [2.05, 4.69) is 10.3 Å². The minimum atomic E-state index is -0.301. The van der Waals surface area contributed by atoms with Gasteiger partial charge in [-0.1, -0.05) is 30.3 Å². The van der Waals surface area contributed by atoms with Gasteiger partial charge in [-0.2, -0.15) is 0 Å². The number of aromatic nitrogens is 1. The Morgan fingerprint density at radius 1 is 1.07 bits per heavy atom. The average molecular weight is 365 g/mol. The summed E-state index contributed by atoms with van der Waals surface area (Å²) < 4.78 is 13.0. The number of rotatable bonds is 6. The lowest BCUT2D eigenvalue weighted by Crippen LogP contribution is -2.38. The smallest absolute Gasteiger partial charge is 0.244 e. The molecule has 3 aromatic rings. The first-order chi connectivity index (χ1) is 13.0. The van der Waals surface area contributed by atoms with Gasteiger partial charge in [-0.25, -0.2) is 4.39 Å². The van der Waals surface area contributed by atoms with Gasteiger partial charge < -0.3 is 10.2 Å². The zero-order valence-electron chi connectivity index (χ0n) is 15.0. The molecule has 1 heterocycles. The molecule has 0 saturated carbocycles. The molecule has 0 atom stereocenters. The molecule has 1 aromatic heterocycles. The second kappa shape index (κ2) is 8.40. The molecule has 0 aliphatic rings. The number of halogens is 1. The van der Waals surface area contributed by atoms with E-state index in [-0.39, 0.29) is 24.2 Å². The number of benzene rings is 2. The van der Waals surface area contributed by atoms with E-state index in [4.69, 9.17) is 0 Å². The van der Waals surface area contributed by atoms with E-state index in [1.807, 2.05) is 24.3 Å². The van der Waals surface area contributed by atoms with Crippen molar-refractivity contribution >= 4 is 28.4 Å². The highest BCUT2D eigenvalue weighted by Crippen LogP contribution is 2.20. The summed E-state index contributed by atoms with van der Waals surface area (Å²) in [6.45, 7) is 1.75. The summed E-state index contributed by atoms with van der Waals surface area (Å²) in [4.78, 5) is 30.1. The van der Waals surface area contributed by atoms with Gasteiger partial charge in [-0.15, -0.1) is 0 Å². The first-order valence-corrected chi connectivity index (χ1v) is 8.66. The third kappa shape index (κ3) is 4.88. The Morgan fingerprint density at radius 2 is 1.81 bits per heavy atom. The largest absolute Gasteiger partial charge is 0.333 e. The molecular formula is C21H20FN3O2. The Bertz CT molecular complexity index is 952. The minimum Gasteiger partial charge on any atom is -0.333 e. The van der Waals surface area contributed by atoms with Gasteiger partial charge in [0.05, 0.1) is 17.7 Å². The number of carbonyl (C=O) groups is 2. The first kappa shape index (κ1) is 18.5. The predicted octanol–water partition coefficient (Wildman–Crippen LogP) is 3.40. The molecule has 2 amide bonds. The number of anilines is 1. The molecule has 1 N–H and O–H groups in total. The number of nitrogens with zero attached hydrogens (tertiary/aromatic N) is 2. The van der Waals surface area contributed by atoms with Gasteiger partial charge in [0.2, 0.25) is 11.8 Å². The maximum absolute atomic E-state index is 13.0. The van der Waals surface area contributed by atoms with Gasteiger partial charge >= 0.3 is 0 Å². The number of hydrogen-bond donors (Lipinski definition) is 1. The molecule has 5 nitrogen and oxygen atoms in total. The fourth-order valence-corrected chi connectivity index (χ4v) is 2.83. The SMILES string of the molecule is CC(=O)N(CCc1ccc(F)cc1)CC(=O)Nc1cccc2cccnc12. The Balaban J connectivity index is 1.64. The van der Waals surface area contributed by atoms with Crippen LogP contribution >= 0.6 is 0 Å².